The Morgan fingerprint density at radius 3 is 2.48 bits per heavy atom. The molecule has 1 heterocycles. The number of nitrogens with one attached hydrogen (secondary N) is 2. The number of sulfonamides is 1. The molecule has 0 atom stereocenters. The molecule has 0 radical (unpaired) electrons. The van der Waals surface area contributed by atoms with Crippen molar-refractivity contribution in [1.29, 1.82) is 0 Å². The molecule has 0 saturated heterocycles. The van der Waals surface area contributed by atoms with Crippen LogP contribution in [0.4, 0.5) is 17.2 Å². The van der Waals surface area contributed by atoms with Crippen LogP contribution in [0.25, 0.3) is 0 Å². The van der Waals surface area contributed by atoms with Crippen LogP contribution in [-0.2, 0) is 10.0 Å². The standard InChI is InChI=1S/C18H14ClN5O6S/c1-30-17-9-16(20-10-21-17)23-31(28,29)13-5-3-12(4-6-13)22-18(25)11-2-7-14(19)15(8-11)24(26)27/h2-10H,1H3,(H,22,25)(H,20,21,23). The number of carbonyl (C=O) groups is 1. The Labute approximate surface area is 181 Å². The van der Waals surface area contributed by atoms with E-state index in [1.54, 1.807) is 0 Å². The number of hydrogen-bond acceptors (Lipinski definition) is 8. The molecule has 11 nitrogen and oxygen atoms in total. The van der Waals surface area contributed by atoms with Gasteiger partial charge in [0, 0.05) is 23.4 Å². The molecule has 1 amide bonds. The number of carbonyl (C=O) groups excluding carboxylic acids is 1. The van der Waals surface area contributed by atoms with Crippen LogP contribution in [0.3, 0.4) is 0 Å². The first-order chi connectivity index (χ1) is 14.7. The van der Waals surface area contributed by atoms with Crippen molar-refractivity contribution in [3.8, 4) is 5.88 Å². The molecular formula is C18H14ClN5O6S. The van der Waals surface area contributed by atoms with Crippen molar-refractivity contribution in [2.75, 3.05) is 17.1 Å². The number of methoxy groups -OCH3 is 1. The van der Waals surface area contributed by atoms with Crippen molar-refractivity contribution in [1.82, 2.24) is 9.97 Å². The number of nitrogens with zero attached hydrogens (tertiary/aromatic N) is 3. The van der Waals surface area contributed by atoms with Gasteiger partial charge in [-0.25, -0.2) is 18.4 Å². The second-order valence-electron chi connectivity index (χ2n) is 5.95. The number of halogens is 1. The lowest BCUT2D eigenvalue weighted by atomic mass is 10.2. The molecule has 1 aromatic heterocycles. The third-order valence-electron chi connectivity index (χ3n) is 3.92. The predicted octanol–water partition coefficient (Wildman–Crippen LogP) is 3.10. The molecule has 2 N–H and O–H groups in total. The third kappa shape index (κ3) is 5.24. The minimum atomic E-state index is -3.95. The van der Waals surface area contributed by atoms with Crippen LogP contribution in [0.1, 0.15) is 10.4 Å². The van der Waals surface area contributed by atoms with E-state index < -0.39 is 26.5 Å². The maximum Gasteiger partial charge on any atom is 0.288 e. The summed E-state index contributed by atoms with van der Waals surface area (Å²) in [5, 5.41) is 13.4. The third-order valence-corrected chi connectivity index (χ3v) is 5.61. The maximum absolute atomic E-state index is 12.5. The number of hydrogen-bond donors (Lipinski definition) is 2. The molecule has 0 spiro atoms. The summed E-state index contributed by atoms with van der Waals surface area (Å²) in [5.74, 6) is -0.414. The highest BCUT2D eigenvalue weighted by Gasteiger charge is 2.18. The minimum absolute atomic E-state index is 0.0205. The molecule has 0 bridgehead atoms. The largest absolute Gasteiger partial charge is 0.481 e. The predicted molar refractivity (Wildman–Crippen MR) is 112 cm³/mol. The van der Waals surface area contributed by atoms with Gasteiger partial charge in [0.2, 0.25) is 5.88 Å². The van der Waals surface area contributed by atoms with Crippen LogP contribution >= 0.6 is 11.6 Å². The molecule has 13 heteroatoms. The first kappa shape index (κ1) is 21.9. The van der Waals surface area contributed by atoms with Gasteiger partial charge < -0.3 is 10.1 Å². The summed E-state index contributed by atoms with van der Waals surface area (Å²) in [6.07, 6.45) is 1.15. The summed E-state index contributed by atoms with van der Waals surface area (Å²) < 4.78 is 32.2. The SMILES string of the molecule is COc1cc(NS(=O)(=O)c2ccc(NC(=O)c3ccc(Cl)c([N+](=O)[O-])c3)cc2)ncn1. The van der Waals surface area contributed by atoms with Crippen LogP contribution in [-0.4, -0.2) is 36.3 Å². The van der Waals surface area contributed by atoms with E-state index in [9.17, 15) is 23.3 Å². The van der Waals surface area contributed by atoms with Gasteiger partial charge in [-0.3, -0.25) is 19.6 Å². The molecular weight excluding hydrogens is 450 g/mol. The molecule has 0 saturated carbocycles. The van der Waals surface area contributed by atoms with E-state index >= 15 is 0 Å². The van der Waals surface area contributed by atoms with Crippen LogP contribution in [0.5, 0.6) is 5.88 Å². The van der Waals surface area contributed by atoms with Crippen LogP contribution < -0.4 is 14.8 Å². The molecule has 3 aromatic rings. The zero-order valence-electron chi connectivity index (χ0n) is 15.8. The van der Waals surface area contributed by atoms with E-state index in [0.717, 1.165) is 12.4 Å². The Balaban J connectivity index is 1.74. The van der Waals surface area contributed by atoms with Crippen molar-refractivity contribution in [2.24, 2.45) is 0 Å². The molecule has 0 fully saturated rings. The van der Waals surface area contributed by atoms with Crippen molar-refractivity contribution in [2.45, 2.75) is 4.90 Å². The Bertz CT molecular complexity index is 1250. The Morgan fingerprint density at radius 2 is 1.84 bits per heavy atom. The quantitative estimate of drug-likeness (QED) is 0.400. The highest BCUT2D eigenvalue weighted by molar-refractivity contribution is 7.92. The Kier molecular flexibility index (Phi) is 6.32. The number of benzene rings is 2. The van der Waals surface area contributed by atoms with E-state index in [-0.39, 0.29) is 32.9 Å². The van der Waals surface area contributed by atoms with E-state index in [1.165, 1.54) is 49.6 Å². The lowest BCUT2D eigenvalue weighted by Crippen LogP contribution is -2.15. The summed E-state index contributed by atoms with van der Waals surface area (Å²) in [4.78, 5) is 30.2. The second kappa shape index (κ2) is 8.93. The monoisotopic (exact) mass is 463 g/mol. The van der Waals surface area contributed by atoms with Gasteiger partial charge in [0.15, 0.2) is 0 Å². The fourth-order valence-corrected chi connectivity index (χ4v) is 3.60. The molecule has 160 valence electrons. The lowest BCUT2D eigenvalue weighted by molar-refractivity contribution is -0.384. The molecule has 2 aromatic carbocycles. The number of anilines is 2. The highest BCUT2D eigenvalue weighted by atomic mass is 35.5. The number of ether oxygens (including phenoxy) is 1. The highest BCUT2D eigenvalue weighted by Crippen LogP contribution is 2.26. The number of nitro groups is 1. The Hall–Kier alpha value is -3.77. The summed E-state index contributed by atoms with van der Waals surface area (Å²) in [6, 6.07) is 10.3. The van der Waals surface area contributed by atoms with Crippen LogP contribution in [0.15, 0.2) is 59.8 Å². The van der Waals surface area contributed by atoms with E-state index in [2.05, 4.69) is 20.0 Å². The summed E-state index contributed by atoms with van der Waals surface area (Å²) in [5.41, 5.74) is -0.0967. The molecule has 0 aliphatic carbocycles. The maximum atomic E-state index is 12.5. The van der Waals surface area contributed by atoms with Crippen LogP contribution in [0, 0.1) is 10.1 Å². The number of nitro benzene ring substituents is 1. The number of rotatable bonds is 7. The average molecular weight is 464 g/mol. The smallest absolute Gasteiger partial charge is 0.288 e. The van der Waals surface area contributed by atoms with E-state index in [1.807, 2.05) is 0 Å². The minimum Gasteiger partial charge on any atom is -0.481 e. The first-order valence-electron chi connectivity index (χ1n) is 8.44. The zero-order chi connectivity index (χ0) is 22.6. The van der Waals surface area contributed by atoms with Gasteiger partial charge in [0.05, 0.1) is 16.9 Å². The number of aromatic nitrogens is 2. The lowest BCUT2D eigenvalue weighted by Gasteiger charge is -2.09. The number of amides is 1. The summed E-state index contributed by atoms with van der Waals surface area (Å²) >= 11 is 5.74. The molecule has 3 rings (SSSR count). The fraction of sp³-hybridized carbons (Fsp3) is 0.0556. The Morgan fingerprint density at radius 1 is 1.13 bits per heavy atom. The van der Waals surface area contributed by atoms with Crippen molar-refractivity contribution < 1.29 is 22.9 Å². The van der Waals surface area contributed by atoms with Crippen LogP contribution in [0.2, 0.25) is 5.02 Å². The fourth-order valence-electron chi connectivity index (χ4n) is 2.42. The molecule has 0 aliphatic rings. The van der Waals surface area contributed by atoms with E-state index in [4.69, 9.17) is 16.3 Å². The zero-order valence-corrected chi connectivity index (χ0v) is 17.3. The van der Waals surface area contributed by atoms with Crippen molar-refractivity contribution in [3.05, 3.63) is 75.6 Å². The van der Waals surface area contributed by atoms with Gasteiger partial charge >= 0.3 is 0 Å². The van der Waals surface area contributed by atoms with Gasteiger partial charge in [-0.2, -0.15) is 0 Å². The van der Waals surface area contributed by atoms with Gasteiger partial charge in [0.1, 0.15) is 17.2 Å². The first-order valence-corrected chi connectivity index (χ1v) is 10.3. The van der Waals surface area contributed by atoms with Gasteiger partial charge in [-0.15, -0.1) is 0 Å². The van der Waals surface area contributed by atoms with E-state index in [0.29, 0.717) is 0 Å². The summed E-state index contributed by atoms with van der Waals surface area (Å²) in [7, 11) is -2.57. The van der Waals surface area contributed by atoms with Gasteiger partial charge in [-0.05, 0) is 36.4 Å². The molecule has 0 aliphatic heterocycles. The van der Waals surface area contributed by atoms with Gasteiger partial charge in [0.25, 0.3) is 21.6 Å². The second-order valence-corrected chi connectivity index (χ2v) is 8.04. The molecule has 31 heavy (non-hydrogen) atoms. The van der Waals surface area contributed by atoms with Crippen molar-refractivity contribution in [3.63, 3.8) is 0 Å². The molecule has 0 unspecified atom stereocenters. The average Bonchev–Trinajstić information content (AvgIpc) is 2.74. The normalized spacial score (nSPS) is 10.9. The van der Waals surface area contributed by atoms with Crippen molar-refractivity contribution >= 4 is 44.7 Å². The topological polar surface area (TPSA) is 153 Å². The summed E-state index contributed by atoms with van der Waals surface area (Å²) in [6.45, 7) is 0. The van der Waals surface area contributed by atoms with Gasteiger partial charge in [-0.1, -0.05) is 11.6 Å².